The van der Waals surface area contributed by atoms with Crippen LogP contribution < -0.4 is 14.2 Å². The molecule has 9 heteroatoms. The molecule has 0 spiro atoms. The highest BCUT2D eigenvalue weighted by Crippen LogP contribution is 2.37. The number of pyridine rings is 1. The number of ether oxygens (including phenoxy) is 3. The van der Waals surface area contributed by atoms with E-state index in [1.165, 1.54) is 6.08 Å². The number of unbranched alkanes of at least 4 members (excludes halogenated alkanes) is 1. The molecule has 0 saturated carbocycles. The minimum Gasteiger partial charge on any atom is -0.490 e. The fourth-order valence-corrected chi connectivity index (χ4v) is 2.93. The van der Waals surface area contributed by atoms with Crippen LogP contribution in [0.15, 0.2) is 41.0 Å². The third-order valence-corrected chi connectivity index (χ3v) is 4.48. The maximum atomic E-state index is 10.5. The average molecular weight is 479 g/mol. The van der Waals surface area contributed by atoms with Crippen LogP contribution in [0.3, 0.4) is 0 Å². The van der Waals surface area contributed by atoms with Gasteiger partial charge in [-0.05, 0) is 24.5 Å². The first kappa shape index (κ1) is 23.6. The second kappa shape index (κ2) is 12.8. The summed E-state index contributed by atoms with van der Waals surface area (Å²) in [5.41, 5.74) is 0.852. The van der Waals surface area contributed by atoms with Gasteiger partial charge in [-0.1, -0.05) is 52.5 Å². The van der Waals surface area contributed by atoms with Gasteiger partial charge in [-0.2, -0.15) is 0 Å². The zero-order valence-electron chi connectivity index (χ0n) is 15.4. The number of nitrogens with zero attached hydrogens (tertiary/aromatic N) is 1. The highest BCUT2D eigenvalue weighted by atomic mass is 35.5. The molecule has 1 aromatic heterocycles. The van der Waals surface area contributed by atoms with Gasteiger partial charge in [0, 0.05) is 30.8 Å². The van der Waals surface area contributed by atoms with Gasteiger partial charge in [0.05, 0.1) is 23.3 Å². The molecular weight excluding hydrogens is 460 g/mol. The Kier molecular flexibility index (Phi) is 10.4. The Morgan fingerprint density at radius 3 is 2.28 bits per heavy atom. The minimum atomic E-state index is 0.122. The second-order valence-electron chi connectivity index (χ2n) is 5.80. The van der Waals surface area contributed by atoms with Gasteiger partial charge in [0.25, 0.3) is 0 Å². The molecule has 0 aliphatic carbocycles. The third-order valence-electron chi connectivity index (χ3n) is 3.61. The molecule has 0 unspecified atom stereocenters. The predicted molar refractivity (Wildman–Crippen MR) is 116 cm³/mol. The molecule has 2 aromatic rings. The average Bonchev–Trinajstić information content (AvgIpc) is 2.67. The summed E-state index contributed by atoms with van der Waals surface area (Å²) in [6.07, 6.45) is 5.83. The molecule has 2 rings (SSSR count). The summed E-state index contributed by atoms with van der Waals surface area (Å²) in [6.45, 7) is 1.12. The Morgan fingerprint density at radius 2 is 1.69 bits per heavy atom. The minimum absolute atomic E-state index is 0.122. The molecule has 0 atom stereocenters. The van der Waals surface area contributed by atoms with Gasteiger partial charge in [0.15, 0.2) is 5.75 Å². The number of hydrogen-bond acceptors (Lipinski definition) is 5. The Labute approximate surface area is 189 Å². The quantitative estimate of drug-likeness (QED) is 0.274. The zero-order valence-corrected chi connectivity index (χ0v) is 18.4. The maximum Gasteiger partial charge on any atom is 0.213 e. The first-order chi connectivity index (χ1) is 14.0. The first-order valence-corrected chi connectivity index (χ1v) is 10.3. The van der Waals surface area contributed by atoms with Crippen molar-refractivity contribution in [2.75, 3.05) is 19.8 Å². The molecule has 5 nitrogen and oxygen atoms in total. The Bertz CT molecular complexity index is 801. The Hall–Kier alpha value is -1.66. The summed E-state index contributed by atoms with van der Waals surface area (Å²) in [7, 11) is 0. The summed E-state index contributed by atoms with van der Waals surface area (Å²) in [5.74, 6) is 1.41. The molecular formula is C20H19Cl4NO4. The Morgan fingerprint density at radius 1 is 1.00 bits per heavy atom. The van der Waals surface area contributed by atoms with E-state index < -0.39 is 0 Å². The van der Waals surface area contributed by atoms with Crippen molar-refractivity contribution in [1.82, 2.24) is 4.98 Å². The van der Waals surface area contributed by atoms with Crippen LogP contribution in [0, 0.1) is 0 Å². The van der Waals surface area contributed by atoms with Crippen molar-refractivity contribution in [3.8, 4) is 17.4 Å². The molecule has 0 fully saturated rings. The van der Waals surface area contributed by atoms with Gasteiger partial charge >= 0.3 is 0 Å². The number of benzene rings is 1. The van der Waals surface area contributed by atoms with Crippen molar-refractivity contribution in [3.63, 3.8) is 0 Å². The van der Waals surface area contributed by atoms with Crippen molar-refractivity contribution in [3.05, 3.63) is 56.6 Å². The van der Waals surface area contributed by atoms with E-state index >= 15 is 0 Å². The largest absolute Gasteiger partial charge is 0.490 e. The molecule has 0 aliphatic rings. The second-order valence-corrected chi connectivity index (χ2v) is 7.62. The lowest BCUT2D eigenvalue weighted by atomic mass is 10.2. The van der Waals surface area contributed by atoms with Gasteiger partial charge < -0.3 is 19.0 Å². The van der Waals surface area contributed by atoms with E-state index in [9.17, 15) is 4.79 Å². The van der Waals surface area contributed by atoms with Crippen molar-refractivity contribution in [2.24, 2.45) is 0 Å². The van der Waals surface area contributed by atoms with E-state index in [1.54, 1.807) is 24.4 Å². The van der Waals surface area contributed by atoms with Gasteiger partial charge in [0.1, 0.15) is 23.1 Å². The first-order valence-electron chi connectivity index (χ1n) is 8.76. The summed E-state index contributed by atoms with van der Waals surface area (Å²) in [6, 6.07) is 6.79. The maximum absolute atomic E-state index is 10.5. The van der Waals surface area contributed by atoms with Crippen LogP contribution in [0.5, 0.6) is 17.4 Å². The normalized spacial score (nSPS) is 10.3. The van der Waals surface area contributed by atoms with Crippen molar-refractivity contribution in [1.29, 1.82) is 0 Å². The van der Waals surface area contributed by atoms with Crippen LogP contribution in [0.4, 0.5) is 0 Å². The predicted octanol–water partition coefficient (Wildman–Crippen LogP) is 6.07. The smallest absolute Gasteiger partial charge is 0.213 e. The van der Waals surface area contributed by atoms with Gasteiger partial charge in [-0.15, -0.1) is 0 Å². The number of carbonyl (C=O) groups excluding carboxylic acids is 1. The molecule has 0 N–H and O–H groups in total. The van der Waals surface area contributed by atoms with E-state index in [1.807, 2.05) is 6.07 Å². The fourth-order valence-electron chi connectivity index (χ4n) is 2.23. The molecule has 156 valence electrons. The highest BCUT2D eigenvalue weighted by Gasteiger charge is 2.10. The van der Waals surface area contributed by atoms with E-state index in [4.69, 9.17) is 60.6 Å². The van der Waals surface area contributed by atoms with Crippen LogP contribution in [0.1, 0.15) is 18.4 Å². The van der Waals surface area contributed by atoms with Gasteiger partial charge in [-0.25, -0.2) is 4.98 Å². The fraction of sp³-hybridized carbons (Fsp3) is 0.300. The number of rotatable bonds is 12. The van der Waals surface area contributed by atoms with Crippen LogP contribution in [0.2, 0.25) is 10.0 Å². The van der Waals surface area contributed by atoms with E-state index in [0.29, 0.717) is 47.1 Å². The van der Waals surface area contributed by atoms with E-state index in [0.717, 1.165) is 24.7 Å². The number of aldehydes is 1. The molecule has 0 bridgehead atoms. The Balaban J connectivity index is 1.71. The number of halogens is 4. The zero-order chi connectivity index (χ0) is 21.1. The summed E-state index contributed by atoms with van der Waals surface area (Å²) in [4.78, 5) is 14.6. The van der Waals surface area contributed by atoms with Crippen LogP contribution in [-0.2, 0) is 11.2 Å². The summed E-state index contributed by atoms with van der Waals surface area (Å²) < 4.78 is 16.8. The molecule has 29 heavy (non-hydrogen) atoms. The third kappa shape index (κ3) is 8.70. The highest BCUT2D eigenvalue weighted by molar-refractivity contribution is 6.55. The van der Waals surface area contributed by atoms with Crippen molar-refractivity contribution < 1.29 is 19.0 Å². The molecule has 0 saturated heterocycles. The molecule has 1 heterocycles. The molecule has 0 amide bonds. The van der Waals surface area contributed by atoms with E-state index in [2.05, 4.69) is 4.98 Å². The van der Waals surface area contributed by atoms with Crippen LogP contribution in [-0.4, -0.2) is 31.1 Å². The van der Waals surface area contributed by atoms with Gasteiger partial charge in [0.2, 0.25) is 5.88 Å². The lowest BCUT2D eigenvalue weighted by Gasteiger charge is -2.12. The monoisotopic (exact) mass is 477 g/mol. The number of hydrogen-bond donors (Lipinski definition) is 0. The molecule has 0 aliphatic heterocycles. The van der Waals surface area contributed by atoms with Crippen LogP contribution >= 0.6 is 46.4 Å². The SMILES string of the molecule is O=CCc1ccc(OCCCCOc2c(Cl)cc(OCC=C(Cl)Cl)cc2Cl)nc1. The topological polar surface area (TPSA) is 57.7 Å². The van der Waals surface area contributed by atoms with Gasteiger partial charge in [-0.3, -0.25) is 0 Å². The number of aromatic nitrogens is 1. The van der Waals surface area contributed by atoms with Crippen LogP contribution in [0.25, 0.3) is 0 Å². The standard InChI is InChI=1S/C20H19Cl4NO4/c21-16-11-15(27-10-6-18(23)24)12-17(22)20(16)29-9-2-1-8-28-19-4-3-14(5-7-26)13-25-19/h3-4,6-7,11-13H,1-2,5,8-10H2. The lowest BCUT2D eigenvalue weighted by Crippen LogP contribution is -2.04. The molecule has 1 aromatic carbocycles. The van der Waals surface area contributed by atoms with Crippen molar-refractivity contribution >= 4 is 52.7 Å². The summed E-state index contributed by atoms with van der Waals surface area (Å²) in [5, 5.41) is 0.702. The van der Waals surface area contributed by atoms with E-state index in [-0.39, 0.29) is 11.1 Å². The summed E-state index contributed by atoms with van der Waals surface area (Å²) >= 11 is 23.5. The number of carbonyl (C=O) groups is 1. The molecule has 0 radical (unpaired) electrons. The lowest BCUT2D eigenvalue weighted by molar-refractivity contribution is -0.107. The van der Waals surface area contributed by atoms with Crippen molar-refractivity contribution in [2.45, 2.75) is 19.3 Å².